The van der Waals surface area contributed by atoms with Crippen molar-refractivity contribution in [3.63, 3.8) is 0 Å². The van der Waals surface area contributed by atoms with Crippen molar-refractivity contribution >= 4 is 27.1 Å². The molecule has 0 aliphatic heterocycles. The van der Waals surface area contributed by atoms with Gasteiger partial charge in [-0.2, -0.15) is 0 Å². The van der Waals surface area contributed by atoms with E-state index in [1.807, 2.05) is 26.2 Å². The molecule has 1 aromatic rings. The lowest BCUT2D eigenvalue weighted by atomic mass is 9.93. The Bertz CT molecular complexity index is 525. The lowest BCUT2D eigenvalue weighted by Crippen LogP contribution is -2.14. The number of thiazole rings is 1. The average Bonchev–Trinajstić information content (AvgIpc) is 2.62. The fourth-order valence-electron chi connectivity index (χ4n) is 1.22. The quantitative estimate of drug-likeness (QED) is 0.894. The average molecular weight is 291 g/mol. The van der Waals surface area contributed by atoms with Crippen LogP contribution < -0.4 is 0 Å². The Balaban J connectivity index is 2.73. The summed E-state index contributed by atoms with van der Waals surface area (Å²) in [6.45, 7) is 6.01. The number of carboxylic acid groups (broad SMARTS) is 1. The molecule has 0 amide bonds. The molecule has 0 atom stereocenters. The first-order valence-corrected chi connectivity index (χ1v) is 8.17. The van der Waals surface area contributed by atoms with Crippen LogP contribution in [0.3, 0.4) is 0 Å². The molecule has 1 rings (SSSR count). The molecular weight excluding hydrogens is 274 g/mol. The standard InChI is InChI=1S/C11H17NO4S2/c1-11(2,3)8-6-17-9(12-8)7-18(15,16)5-4-10(13)14/h6H,4-5,7H2,1-3H3,(H,13,14). The molecule has 0 bridgehead atoms. The van der Waals surface area contributed by atoms with Crippen molar-refractivity contribution in [2.24, 2.45) is 0 Å². The summed E-state index contributed by atoms with van der Waals surface area (Å²) in [5, 5.41) is 10.8. The van der Waals surface area contributed by atoms with Crippen LogP contribution in [0.25, 0.3) is 0 Å². The summed E-state index contributed by atoms with van der Waals surface area (Å²) in [6.07, 6.45) is -0.361. The lowest BCUT2D eigenvalue weighted by Gasteiger charge is -2.14. The van der Waals surface area contributed by atoms with E-state index >= 15 is 0 Å². The Kier molecular flexibility index (Phi) is 4.50. The third-order valence-corrected chi connectivity index (χ3v) is 4.86. The number of hydrogen-bond acceptors (Lipinski definition) is 5. The zero-order valence-corrected chi connectivity index (χ0v) is 12.3. The Hall–Kier alpha value is -0.950. The third-order valence-electron chi connectivity index (χ3n) is 2.29. The van der Waals surface area contributed by atoms with Crippen molar-refractivity contribution in [3.8, 4) is 0 Å². The molecular formula is C11H17NO4S2. The molecule has 1 aromatic heterocycles. The van der Waals surface area contributed by atoms with E-state index in [9.17, 15) is 13.2 Å². The number of sulfone groups is 1. The molecule has 0 radical (unpaired) electrons. The fourth-order valence-corrected chi connectivity index (χ4v) is 3.91. The molecule has 1 heterocycles. The summed E-state index contributed by atoms with van der Waals surface area (Å²) in [6, 6.07) is 0. The van der Waals surface area contributed by atoms with Gasteiger partial charge in [-0.3, -0.25) is 4.79 Å². The van der Waals surface area contributed by atoms with Gasteiger partial charge in [0.2, 0.25) is 0 Å². The fraction of sp³-hybridized carbons (Fsp3) is 0.636. The van der Waals surface area contributed by atoms with Crippen molar-refractivity contribution in [3.05, 3.63) is 16.1 Å². The van der Waals surface area contributed by atoms with Crippen molar-refractivity contribution in [2.75, 3.05) is 5.75 Å². The largest absolute Gasteiger partial charge is 0.481 e. The molecule has 18 heavy (non-hydrogen) atoms. The van der Waals surface area contributed by atoms with Crippen LogP contribution in [0.15, 0.2) is 5.38 Å². The Labute approximate surface area is 111 Å². The van der Waals surface area contributed by atoms with Gasteiger partial charge in [-0.1, -0.05) is 20.8 Å². The number of nitrogens with zero attached hydrogens (tertiary/aromatic N) is 1. The summed E-state index contributed by atoms with van der Waals surface area (Å²) in [7, 11) is -3.39. The van der Waals surface area contributed by atoms with E-state index in [1.54, 1.807) is 0 Å². The van der Waals surface area contributed by atoms with Gasteiger partial charge < -0.3 is 5.11 Å². The molecule has 0 saturated heterocycles. The maximum atomic E-state index is 11.7. The van der Waals surface area contributed by atoms with Crippen LogP contribution in [0.5, 0.6) is 0 Å². The van der Waals surface area contributed by atoms with Crippen molar-refractivity contribution in [1.29, 1.82) is 0 Å². The van der Waals surface area contributed by atoms with Crippen LogP contribution in [-0.2, 0) is 25.8 Å². The van der Waals surface area contributed by atoms with E-state index in [0.717, 1.165) is 5.69 Å². The van der Waals surface area contributed by atoms with Crippen LogP contribution in [0.1, 0.15) is 37.9 Å². The molecule has 0 unspecified atom stereocenters. The summed E-state index contributed by atoms with van der Waals surface area (Å²) in [4.78, 5) is 14.6. The number of carbonyl (C=O) groups is 1. The van der Waals surface area contributed by atoms with Crippen LogP contribution in [0, 0.1) is 0 Å². The second kappa shape index (κ2) is 5.36. The molecule has 0 aliphatic carbocycles. The summed E-state index contributed by atoms with van der Waals surface area (Å²) < 4.78 is 23.3. The van der Waals surface area contributed by atoms with Gasteiger partial charge >= 0.3 is 5.97 Å². The highest BCUT2D eigenvalue weighted by atomic mass is 32.2. The highest BCUT2D eigenvalue weighted by Gasteiger charge is 2.20. The van der Waals surface area contributed by atoms with Gasteiger partial charge in [0.05, 0.1) is 17.9 Å². The van der Waals surface area contributed by atoms with Crippen LogP contribution in [0.2, 0.25) is 0 Å². The molecule has 0 aliphatic rings. The third kappa shape index (κ3) is 4.73. The Morgan fingerprint density at radius 3 is 2.50 bits per heavy atom. The van der Waals surface area contributed by atoms with Gasteiger partial charge in [0.25, 0.3) is 0 Å². The first-order chi connectivity index (χ1) is 8.10. The highest BCUT2D eigenvalue weighted by molar-refractivity contribution is 7.90. The normalized spacial score (nSPS) is 12.6. The van der Waals surface area contributed by atoms with Crippen molar-refractivity contribution < 1.29 is 18.3 Å². The molecule has 102 valence electrons. The van der Waals surface area contributed by atoms with Gasteiger partial charge in [-0.25, -0.2) is 13.4 Å². The Morgan fingerprint density at radius 2 is 2.06 bits per heavy atom. The maximum Gasteiger partial charge on any atom is 0.304 e. The second-order valence-corrected chi connectivity index (χ2v) is 8.24. The highest BCUT2D eigenvalue weighted by Crippen LogP contribution is 2.24. The van der Waals surface area contributed by atoms with E-state index in [1.165, 1.54) is 11.3 Å². The van der Waals surface area contributed by atoms with Crippen molar-refractivity contribution in [2.45, 2.75) is 38.4 Å². The van der Waals surface area contributed by atoms with Gasteiger partial charge in [0.1, 0.15) is 10.8 Å². The van der Waals surface area contributed by atoms with Crippen LogP contribution in [-0.4, -0.2) is 30.2 Å². The SMILES string of the molecule is CC(C)(C)c1csc(CS(=O)(=O)CCC(=O)O)n1. The first kappa shape index (κ1) is 15.1. The number of aliphatic carboxylic acids is 1. The zero-order valence-electron chi connectivity index (χ0n) is 10.6. The van der Waals surface area contributed by atoms with Gasteiger partial charge in [-0.05, 0) is 0 Å². The lowest BCUT2D eigenvalue weighted by molar-refractivity contribution is -0.136. The number of aromatic nitrogens is 1. The number of hydrogen-bond donors (Lipinski definition) is 1. The van der Waals surface area contributed by atoms with Gasteiger partial charge in [0.15, 0.2) is 9.84 Å². The predicted molar refractivity (Wildman–Crippen MR) is 70.6 cm³/mol. The molecule has 7 heteroatoms. The molecule has 1 N–H and O–H groups in total. The molecule has 0 aromatic carbocycles. The molecule has 5 nitrogen and oxygen atoms in total. The Morgan fingerprint density at radius 1 is 1.44 bits per heavy atom. The first-order valence-electron chi connectivity index (χ1n) is 5.47. The van der Waals surface area contributed by atoms with Crippen LogP contribution >= 0.6 is 11.3 Å². The van der Waals surface area contributed by atoms with E-state index in [4.69, 9.17) is 5.11 Å². The van der Waals surface area contributed by atoms with Gasteiger partial charge in [-0.15, -0.1) is 11.3 Å². The summed E-state index contributed by atoms with van der Waals surface area (Å²) in [5.41, 5.74) is 0.746. The minimum Gasteiger partial charge on any atom is -0.481 e. The van der Waals surface area contributed by atoms with E-state index < -0.39 is 15.8 Å². The second-order valence-electron chi connectivity index (χ2n) is 5.11. The topological polar surface area (TPSA) is 84.3 Å². The summed E-state index contributed by atoms with van der Waals surface area (Å²) in [5.74, 6) is -1.62. The molecule has 0 saturated carbocycles. The van der Waals surface area contributed by atoms with E-state index in [0.29, 0.717) is 5.01 Å². The van der Waals surface area contributed by atoms with Crippen molar-refractivity contribution in [1.82, 2.24) is 4.98 Å². The van der Waals surface area contributed by atoms with Crippen LogP contribution in [0.4, 0.5) is 0 Å². The van der Waals surface area contributed by atoms with E-state index in [2.05, 4.69) is 4.98 Å². The van der Waals surface area contributed by atoms with Gasteiger partial charge in [0, 0.05) is 10.8 Å². The zero-order chi connectivity index (χ0) is 14.0. The van der Waals surface area contributed by atoms with E-state index in [-0.39, 0.29) is 23.3 Å². The number of rotatable bonds is 5. The monoisotopic (exact) mass is 291 g/mol. The minimum absolute atomic E-state index is 0.112. The molecule has 0 spiro atoms. The molecule has 0 fully saturated rings. The predicted octanol–water partition coefficient (Wildman–Crippen LogP) is 1.83. The maximum absolute atomic E-state index is 11.7. The summed E-state index contributed by atoms with van der Waals surface area (Å²) >= 11 is 1.30. The smallest absolute Gasteiger partial charge is 0.304 e. The number of carboxylic acids is 1. The minimum atomic E-state index is -3.39.